The van der Waals surface area contributed by atoms with Crippen LogP contribution < -0.4 is 10.9 Å². The number of fused-ring (bicyclic) bond motifs is 1. The smallest absolute Gasteiger partial charge is 0.252 e. The second kappa shape index (κ2) is 10.8. The molecule has 1 unspecified atom stereocenters. The summed E-state index contributed by atoms with van der Waals surface area (Å²) in [6.07, 6.45) is 12.5. The van der Waals surface area contributed by atoms with Gasteiger partial charge in [-0.05, 0) is 50.1 Å². The number of pyridine rings is 2. The fourth-order valence-corrected chi connectivity index (χ4v) is 3.86. The van der Waals surface area contributed by atoms with Crippen LogP contribution in [-0.4, -0.2) is 22.4 Å². The van der Waals surface area contributed by atoms with Crippen molar-refractivity contribution < 1.29 is 4.79 Å². The van der Waals surface area contributed by atoms with Gasteiger partial charge in [0.1, 0.15) is 0 Å². The Morgan fingerprint density at radius 3 is 2.52 bits per heavy atom. The maximum absolute atomic E-state index is 12.7. The zero-order valence-corrected chi connectivity index (χ0v) is 18.9. The largest absolute Gasteiger partial charge is 0.355 e. The second-order valence-corrected chi connectivity index (χ2v) is 7.95. The molecule has 1 aliphatic heterocycles. The lowest BCUT2D eigenvalue weighted by atomic mass is 9.76. The van der Waals surface area contributed by atoms with Crippen molar-refractivity contribution in [2.24, 2.45) is 0 Å². The Morgan fingerprint density at radius 2 is 1.87 bits per heavy atom. The highest BCUT2D eigenvalue weighted by molar-refractivity contribution is 6.35. The van der Waals surface area contributed by atoms with Crippen LogP contribution in [0.25, 0.3) is 22.2 Å². The molecule has 1 fully saturated rings. The van der Waals surface area contributed by atoms with Gasteiger partial charge >= 0.3 is 0 Å². The minimum Gasteiger partial charge on any atom is -0.355 e. The zero-order valence-electron chi connectivity index (χ0n) is 18.2. The van der Waals surface area contributed by atoms with E-state index in [1.54, 1.807) is 12.3 Å². The van der Waals surface area contributed by atoms with Gasteiger partial charge in [0.05, 0.1) is 16.0 Å². The summed E-state index contributed by atoms with van der Waals surface area (Å²) in [6, 6.07) is 11.0. The molecule has 2 N–H and O–H groups in total. The average Bonchev–Trinajstić information content (AvgIpc) is 2.77. The molecule has 1 aromatic carbocycles. The molecule has 1 aliphatic rings. The van der Waals surface area contributed by atoms with Crippen LogP contribution >= 0.6 is 11.6 Å². The van der Waals surface area contributed by atoms with E-state index < -0.39 is 5.41 Å². The van der Waals surface area contributed by atoms with Crippen LogP contribution in [0.4, 0.5) is 0 Å². The first kappa shape index (κ1) is 24.2. The van der Waals surface area contributed by atoms with E-state index in [9.17, 15) is 9.59 Å². The third-order valence-corrected chi connectivity index (χ3v) is 5.44. The van der Waals surface area contributed by atoms with Crippen molar-refractivity contribution in [2.75, 3.05) is 6.54 Å². The predicted octanol–water partition coefficient (Wildman–Crippen LogP) is 5.08. The maximum atomic E-state index is 12.7. The van der Waals surface area contributed by atoms with Gasteiger partial charge in [0.2, 0.25) is 5.91 Å². The number of H-pyrrole nitrogens is 1. The number of hydrogen-bond acceptors (Lipinski definition) is 3. The number of benzene rings is 1. The fraction of sp³-hybridized carbons (Fsp3) is 0.320. The Balaban J connectivity index is 0.000000630. The van der Waals surface area contributed by atoms with Gasteiger partial charge in [0.15, 0.2) is 0 Å². The molecular formula is C25H28ClN3O2. The second-order valence-electron chi connectivity index (χ2n) is 7.54. The number of aromatic amines is 1. The lowest BCUT2D eigenvalue weighted by Crippen LogP contribution is -2.49. The lowest BCUT2D eigenvalue weighted by Gasteiger charge is -2.32. The summed E-state index contributed by atoms with van der Waals surface area (Å²) in [5, 5.41) is 4.30. The minimum absolute atomic E-state index is 0.0973. The highest BCUT2D eigenvalue weighted by Crippen LogP contribution is 2.32. The first-order valence-corrected chi connectivity index (χ1v) is 10.7. The minimum atomic E-state index is -0.799. The Labute approximate surface area is 188 Å². The van der Waals surface area contributed by atoms with E-state index in [0.717, 1.165) is 22.9 Å². The van der Waals surface area contributed by atoms with E-state index in [4.69, 9.17) is 11.6 Å². The van der Waals surface area contributed by atoms with E-state index in [2.05, 4.69) is 42.0 Å². The molecule has 162 valence electrons. The Morgan fingerprint density at radius 1 is 1.16 bits per heavy atom. The quantitative estimate of drug-likeness (QED) is 0.549. The first-order chi connectivity index (χ1) is 14.9. The summed E-state index contributed by atoms with van der Waals surface area (Å²) < 4.78 is 0. The molecule has 0 aliphatic carbocycles. The average molecular weight is 438 g/mol. The molecule has 31 heavy (non-hydrogen) atoms. The van der Waals surface area contributed by atoms with Gasteiger partial charge in [0, 0.05) is 34.9 Å². The van der Waals surface area contributed by atoms with Crippen molar-refractivity contribution >= 4 is 28.4 Å². The molecule has 1 saturated heterocycles. The van der Waals surface area contributed by atoms with E-state index in [0.29, 0.717) is 29.2 Å². The van der Waals surface area contributed by atoms with Gasteiger partial charge in [0.25, 0.3) is 5.56 Å². The SMILES string of the molecule is C#C.CC1(c2ccc(-c3cc(Cl)c4cccnc4c3)[nH]c2=O)CCCNC1=O.CCC. The summed E-state index contributed by atoms with van der Waals surface area (Å²) in [4.78, 5) is 32.3. The Bertz CT molecular complexity index is 1140. The number of nitrogens with zero attached hydrogens (tertiary/aromatic N) is 1. The van der Waals surface area contributed by atoms with Crippen LogP contribution in [0.15, 0.2) is 47.4 Å². The number of terminal acetylenes is 1. The van der Waals surface area contributed by atoms with Gasteiger partial charge in [-0.1, -0.05) is 37.9 Å². The van der Waals surface area contributed by atoms with Crippen molar-refractivity contribution in [3.05, 3.63) is 63.5 Å². The molecule has 6 heteroatoms. The summed E-state index contributed by atoms with van der Waals surface area (Å²) in [5.74, 6) is -0.0973. The number of rotatable bonds is 2. The normalized spacial score (nSPS) is 17.5. The van der Waals surface area contributed by atoms with Gasteiger partial charge in [-0.2, -0.15) is 0 Å². The number of hydrogen-bond donors (Lipinski definition) is 2. The molecule has 0 spiro atoms. The van der Waals surface area contributed by atoms with E-state index in [1.165, 1.54) is 6.42 Å². The predicted molar refractivity (Wildman–Crippen MR) is 128 cm³/mol. The van der Waals surface area contributed by atoms with Crippen LogP contribution in [0.3, 0.4) is 0 Å². The Kier molecular flexibility index (Phi) is 8.41. The summed E-state index contributed by atoms with van der Waals surface area (Å²) in [5.41, 5.74) is 1.63. The third kappa shape index (κ3) is 5.15. The zero-order chi connectivity index (χ0) is 23.0. The molecule has 3 aromatic rings. The molecule has 0 radical (unpaired) electrons. The summed E-state index contributed by atoms with van der Waals surface area (Å²) in [6.45, 7) is 6.73. The van der Waals surface area contributed by atoms with E-state index >= 15 is 0 Å². The number of amides is 1. The topological polar surface area (TPSA) is 74.8 Å². The van der Waals surface area contributed by atoms with Crippen molar-refractivity contribution in [1.82, 2.24) is 15.3 Å². The number of aromatic nitrogens is 2. The number of halogens is 1. The van der Waals surface area contributed by atoms with Gasteiger partial charge in [-0.25, -0.2) is 0 Å². The van der Waals surface area contributed by atoms with Crippen LogP contribution in [0.2, 0.25) is 5.02 Å². The monoisotopic (exact) mass is 437 g/mol. The van der Waals surface area contributed by atoms with Crippen LogP contribution in [0, 0.1) is 12.8 Å². The molecular weight excluding hydrogens is 410 g/mol. The highest BCUT2D eigenvalue weighted by atomic mass is 35.5. The Hall–Kier alpha value is -3.10. The van der Waals surface area contributed by atoms with Crippen molar-refractivity contribution in [1.29, 1.82) is 0 Å². The van der Waals surface area contributed by atoms with Crippen LogP contribution in [0.1, 0.15) is 45.6 Å². The first-order valence-electron chi connectivity index (χ1n) is 10.3. The number of nitrogens with one attached hydrogen (secondary N) is 2. The van der Waals surface area contributed by atoms with E-state index in [-0.39, 0.29) is 11.5 Å². The van der Waals surface area contributed by atoms with Crippen molar-refractivity contribution in [3.63, 3.8) is 0 Å². The van der Waals surface area contributed by atoms with Gasteiger partial charge in [-0.15, -0.1) is 12.8 Å². The van der Waals surface area contributed by atoms with Crippen LogP contribution in [-0.2, 0) is 10.2 Å². The van der Waals surface area contributed by atoms with Gasteiger partial charge < -0.3 is 10.3 Å². The molecule has 3 heterocycles. The molecule has 1 amide bonds. The molecule has 5 nitrogen and oxygen atoms in total. The molecule has 4 rings (SSSR count). The lowest BCUT2D eigenvalue weighted by molar-refractivity contribution is -0.128. The number of carbonyl (C=O) groups is 1. The highest BCUT2D eigenvalue weighted by Gasteiger charge is 2.39. The molecule has 0 saturated carbocycles. The summed E-state index contributed by atoms with van der Waals surface area (Å²) >= 11 is 6.36. The molecule has 2 aromatic heterocycles. The number of carbonyl (C=O) groups excluding carboxylic acids is 1. The summed E-state index contributed by atoms with van der Waals surface area (Å²) in [7, 11) is 0. The molecule has 0 bridgehead atoms. The van der Waals surface area contributed by atoms with Crippen molar-refractivity contribution in [3.8, 4) is 24.1 Å². The van der Waals surface area contributed by atoms with E-state index in [1.807, 2.05) is 37.3 Å². The van der Waals surface area contributed by atoms with Crippen LogP contribution in [0.5, 0.6) is 0 Å². The maximum Gasteiger partial charge on any atom is 0.252 e. The molecule has 1 atom stereocenters. The standard InChI is InChI=1S/C20H18ClN3O2.C3H8.C2H2/c1-20(7-3-9-23-19(20)26)14-5-6-16(24-18(14)25)12-10-15(21)13-4-2-8-22-17(13)11-12;1-3-2;1-2/h2,4-6,8,10-11H,3,7,9H2,1H3,(H,23,26)(H,24,25);3H2,1-2H3;1-2H. The fourth-order valence-electron chi connectivity index (χ4n) is 3.58. The number of piperidine rings is 1. The van der Waals surface area contributed by atoms with Gasteiger partial charge in [-0.3, -0.25) is 14.6 Å². The third-order valence-electron chi connectivity index (χ3n) is 5.13. The van der Waals surface area contributed by atoms with Crippen molar-refractivity contribution in [2.45, 2.75) is 45.4 Å².